The number of thiazole rings is 1. The van der Waals surface area contributed by atoms with Gasteiger partial charge in [-0.2, -0.15) is 5.10 Å². The molecule has 180 valence electrons. The number of H-pyrrole nitrogens is 1. The number of aromatic nitrogens is 4. The fourth-order valence-corrected chi connectivity index (χ4v) is 4.83. The molecule has 0 aliphatic carbocycles. The Hall–Kier alpha value is -4.19. The first-order valence-corrected chi connectivity index (χ1v) is 11.6. The summed E-state index contributed by atoms with van der Waals surface area (Å²) in [6.45, 7) is 2.61. The molecular weight excluding hydrogens is 472 g/mol. The van der Waals surface area contributed by atoms with Crippen LogP contribution in [0, 0.1) is 6.92 Å². The molecule has 4 aromatic rings. The highest BCUT2D eigenvalue weighted by Gasteiger charge is 2.27. The number of hydrogen-bond donors (Lipinski definition) is 2. The number of ether oxygens (including phenoxy) is 2. The van der Waals surface area contributed by atoms with E-state index in [1.165, 1.54) is 11.3 Å². The van der Waals surface area contributed by atoms with Gasteiger partial charge in [0.05, 0.1) is 32.2 Å². The number of hydrogen-bond acceptors (Lipinski definition) is 9. The summed E-state index contributed by atoms with van der Waals surface area (Å²) < 4.78 is 15.7. The van der Waals surface area contributed by atoms with Crippen molar-refractivity contribution in [3.63, 3.8) is 0 Å². The van der Waals surface area contributed by atoms with Gasteiger partial charge in [0.2, 0.25) is 0 Å². The third-order valence-corrected chi connectivity index (χ3v) is 6.59. The van der Waals surface area contributed by atoms with Gasteiger partial charge in [-0.3, -0.25) is 20.0 Å². The standard InChI is InChI=1S/C23H22N6O5S/c1-12-8-17(28-34-12)21(30)25-23-24-15-6-7-29(11-20(15)35-23)22(31)18-10-16(26-27-18)14-9-13(32-2)4-5-19(14)33-3/h4-5,8-10H,6-7,11H2,1-3H3,(H,26,27)(H,24,25,30). The lowest BCUT2D eigenvalue weighted by atomic mass is 10.1. The lowest BCUT2D eigenvalue weighted by Gasteiger charge is -2.25. The van der Waals surface area contributed by atoms with Crippen molar-refractivity contribution in [1.29, 1.82) is 0 Å². The number of methoxy groups -OCH3 is 2. The normalized spacial score (nSPS) is 12.8. The summed E-state index contributed by atoms with van der Waals surface area (Å²) in [5, 5.41) is 14.1. The number of fused-ring (bicyclic) bond motifs is 1. The Morgan fingerprint density at radius 1 is 1.20 bits per heavy atom. The van der Waals surface area contributed by atoms with E-state index < -0.39 is 0 Å². The first-order chi connectivity index (χ1) is 16.9. The summed E-state index contributed by atoms with van der Waals surface area (Å²) >= 11 is 1.34. The summed E-state index contributed by atoms with van der Waals surface area (Å²) in [6.07, 6.45) is 0.585. The lowest BCUT2D eigenvalue weighted by Crippen LogP contribution is -2.35. The van der Waals surface area contributed by atoms with Crippen LogP contribution >= 0.6 is 11.3 Å². The number of carbonyl (C=O) groups excluding carboxylic acids is 2. The number of amides is 2. The Morgan fingerprint density at radius 3 is 2.80 bits per heavy atom. The molecule has 1 aromatic carbocycles. The summed E-state index contributed by atoms with van der Waals surface area (Å²) in [5.74, 6) is 1.27. The third kappa shape index (κ3) is 4.47. The van der Waals surface area contributed by atoms with E-state index >= 15 is 0 Å². The van der Waals surface area contributed by atoms with Crippen LogP contribution in [0.15, 0.2) is 34.9 Å². The number of nitrogens with zero attached hydrogens (tertiary/aromatic N) is 4. The predicted molar refractivity (Wildman–Crippen MR) is 127 cm³/mol. The highest BCUT2D eigenvalue weighted by Crippen LogP contribution is 2.33. The van der Waals surface area contributed by atoms with E-state index in [0.717, 1.165) is 10.6 Å². The van der Waals surface area contributed by atoms with E-state index in [-0.39, 0.29) is 17.5 Å². The largest absolute Gasteiger partial charge is 0.497 e. The maximum absolute atomic E-state index is 13.2. The molecular formula is C23H22N6O5S. The van der Waals surface area contributed by atoms with Crippen LogP contribution in [0.5, 0.6) is 11.5 Å². The van der Waals surface area contributed by atoms with Crippen LogP contribution in [0.1, 0.15) is 37.3 Å². The van der Waals surface area contributed by atoms with Crippen molar-refractivity contribution < 1.29 is 23.6 Å². The number of benzene rings is 1. The van der Waals surface area contributed by atoms with Gasteiger partial charge in [-0.25, -0.2) is 4.98 Å². The zero-order valence-corrected chi connectivity index (χ0v) is 20.1. The number of rotatable bonds is 6. The van der Waals surface area contributed by atoms with Crippen LogP contribution < -0.4 is 14.8 Å². The minimum atomic E-state index is -0.390. The van der Waals surface area contributed by atoms with E-state index in [1.807, 2.05) is 6.07 Å². The molecule has 11 nitrogen and oxygen atoms in total. The van der Waals surface area contributed by atoms with Crippen molar-refractivity contribution in [2.24, 2.45) is 0 Å². The molecule has 0 saturated carbocycles. The molecule has 4 heterocycles. The van der Waals surface area contributed by atoms with Crippen LogP contribution in [-0.2, 0) is 13.0 Å². The van der Waals surface area contributed by atoms with Crippen LogP contribution in [0.3, 0.4) is 0 Å². The van der Waals surface area contributed by atoms with Gasteiger partial charge < -0.3 is 18.9 Å². The molecule has 2 N–H and O–H groups in total. The van der Waals surface area contributed by atoms with Gasteiger partial charge in [-0.1, -0.05) is 16.5 Å². The average Bonchev–Trinajstić information content (AvgIpc) is 3.62. The van der Waals surface area contributed by atoms with Crippen molar-refractivity contribution in [3.05, 3.63) is 58.1 Å². The molecule has 35 heavy (non-hydrogen) atoms. The van der Waals surface area contributed by atoms with E-state index in [4.69, 9.17) is 14.0 Å². The van der Waals surface area contributed by atoms with Gasteiger partial charge in [-0.15, -0.1) is 0 Å². The molecule has 0 spiro atoms. The molecule has 1 aliphatic rings. The van der Waals surface area contributed by atoms with Crippen LogP contribution in [-0.4, -0.2) is 57.8 Å². The van der Waals surface area contributed by atoms with Gasteiger partial charge in [-0.05, 0) is 31.2 Å². The summed E-state index contributed by atoms with van der Waals surface area (Å²) in [4.78, 5) is 32.7. The predicted octanol–water partition coefficient (Wildman–Crippen LogP) is 3.30. The zero-order chi connectivity index (χ0) is 24.5. The van der Waals surface area contributed by atoms with E-state index in [1.54, 1.807) is 50.3 Å². The lowest BCUT2D eigenvalue weighted by molar-refractivity contribution is 0.0730. The highest BCUT2D eigenvalue weighted by molar-refractivity contribution is 7.15. The molecule has 0 unspecified atom stereocenters. The second-order valence-electron chi connectivity index (χ2n) is 7.88. The topological polar surface area (TPSA) is 135 Å². The second-order valence-corrected chi connectivity index (χ2v) is 8.96. The van der Waals surface area contributed by atoms with Gasteiger partial charge in [0, 0.05) is 29.5 Å². The average molecular weight is 495 g/mol. The smallest absolute Gasteiger partial charge is 0.279 e. The van der Waals surface area contributed by atoms with Crippen molar-refractivity contribution in [2.75, 3.05) is 26.1 Å². The second kappa shape index (κ2) is 9.22. The zero-order valence-electron chi connectivity index (χ0n) is 19.2. The number of carbonyl (C=O) groups is 2. The van der Waals surface area contributed by atoms with Gasteiger partial charge in [0.25, 0.3) is 11.8 Å². The number of aryl methyl sites for hydroxylation is 1. The maximum Gasteiger partial charge on any atom is 0.279 e. The fourth-order valence-electron chi connectivity index (χ4n) is 3.81. The van der Waals surface area contributed by atoms with E-state index in [2.05, 4.69) is 25.7 Å². The molecule has 0 fully saturated rings. The number of anilines is 1. The highest BCUT2D eigenvalue weighted by atomic mass is 32.1. The first kappa shape index (κ1) is 22.6. The molecule has 0 atom stereocenters. The minimum absolute atomic E-state index is 0.173. The Kier molecular flexibility index (Phi) is 5.95. The van der Waals surface area contributed by atoms with Gasteiger partial charge in [0.1, 0.15) is 23.0 Å². The molecule has 3 aromatic heterocycles. The van der Waals surface area contributed by atoms with Crippen LogP contribution in [0.25, 0.3) is 11.3 Å². The Balaban J connectivity index is 1.30. The molecule has 1 aliphatic heterocycles. The Bertz CT molecular complexity index is 1410. The van der Waals surface area contributed by atoms with E-state index in [9.17, 15) is 9.59 Å². The van der Waals surface area contributed by atoms with Gasteiger partial charge in [0.15, 0.2) is 10.8 Å². The fraction of sp³-hybridized carbons (Fsp3) is 0.261. The van der Waals surface area contributed by atoms with E-state index in [0.29, 0.717) is 58.9 Å². The quantitative estimate of drug-likeness (QED) is 0.417. The summed E-state index contributed by atoms with van der Waals surface area (Å²) in [7, 11) is 3.16. The van der Waals surface area contributed by atoms with Crippen LogP contribution in [0.2, 0.25) is 0 Å². The Labute approximate surface area is 204 Å². The molecule has 0 radical (unpaired) electrons. The first-order valence-electron chi connectivity index (χ1n) is 10.8. The molecule has 0 saturated heterocycles. The maximum atomic E-state index is 13.2. The Morgan fingerprint density at radius 2 is 2.06 bits per heavy atom. The monoisotopic (exact) mass is 494 g/mol. The molecule has 12 heteroatoms. The van der Waals surface area contributed by atoms with Crippen molar-refractivity contribution in [1.82, 2.24) is 25.2 Å². The van der Waals surface area contributed by atoms with Crippen molar-refractivity contribution >= 4 is 28.3 Å². The summed E-state index contributed by atoms with van der Waals surface area (Å²) in [5.41, 5.74) is 2.72. The minimum Gasteiger partial charge on any atom is -0.497 e. The number of nitrogens with one attached hydrogen (secondary N) is 2. The van der Waals surface area contributed by atoms with Crippen molar-refractivity contribution in [2.45, 2.75) is 19.9 Å². The molecule has 2 amide bonds. The molecule has 0 bridgehead atoms. The van der Waals surface area contributed by atoms with Crippen LogP contribution in [0.4, 0.5) is 5.13 Å². The third-order valence-electron chi connectivity index (χ3n) is 5.59. The van der Waals surface area contributed by atoms with Crippen molar-refractivity contribution in [3.8, 4) is 22.8 Å². The SMILES string of the molecule is COc1ccc(OC)c(-c2cc(C(=O)N3CCc4nc(NC(=O)c5cc(C)on5)sc4C3)[nH]n2)c1. The number of aromatic amines is 1. The molecule has 5 rings (SSSR count). The van der Waals surface area contributed by atoms with Gasteiger partial charge >= 0.3 is 0 Å². The summed E-state index contributed by atoms with van der Waals surface area (Å²) in [6, 6.07) is 8.66.